The van der Waals surface area contributed by atoms with Gasteiger partial charge in [-0.2, -0.15) is 0 Å². The zero-order chi connectivity index (χ0) is 13.2. The Morgan fingerprint density at radius 1 is 1.37 bits per heavy atom. The molecule has 2 aliphatic rings. The van der Waals surface area contributed by atoms with Crippen molar-refractivity contribution in [1.29, 1.82) is 0 Å². The van der Waals surface area contributed by atoms with Gasteiger partial charge in [0.1, 0.15) is 0 Å². The zero-order valence-electron chi connectivity index (χ0n) is 11.4. The Hall–Kier alpha value is -1.71. The number of amides is 2. The number of rotatable bonds is 3. The number of carbonyl (C=O) groups excluding carboxylic acids is 1. The van der Waals surface area contributed by atoms with E-state index in [-0.39, 0.29) is 6.03 Å². The minimum absolute atomic E-state index is 0.00615. The van der Waals surface area contributed by atoms with Crippen molar-refractivity contribution in [3.8, 4) is 0 Å². The van der Waals surface area contributed by atoms with Crippen molar-refractivity contribution in [3.63, 3.8) is 0 Å². The van der Waals surface area contributed by atoms with Crippen LogP contribution in [0.3, 0.4) is 0 Å². The highest BCUT2D eigenvalue weighted by Gasteiger charge is 2.23. The first kappa shape index (κ1) is 12.3. The fourth-order valence-electron chi connectivity index (χ4n) is 3.06. The maximum Gasteiger partial charge on any atom is 0.321 e. The van der Waals surface area contributed by atoms with Gasteiger partial charge in [0.2, 0.25) is 0 Å². The van der Waals surface area contributed by atoms with Gasteiger partial charge < -0.3 is 10.6 Å². The summed E-state index contributed by atoms with van der Waals surface area (Å²) in [6.07, 6.45) is 3.80. The topological polar surface area (TPSA) is 44.4 Å². The van der Waals surface area contributed by atoms with Gasteiger partial charge in [-0.1, -0.05) is 13.0 Å². The minimum Gasteiger partial charge on any atom is -0.382 e. The average Bonchev–Trinajstić information content (AvgIpc) is 2.99. The molecule has 1 saturated carbocycles. The maximum absolute atomic E-state index is 11.7. The highest BCUT2D eigenvalue weighted by Crippen LogP contribution is 2.29. The van der Waals surface area contributed by atoms with Gasteiger partial charge in [0.15, 0.2) is 0 Å². The molecule has 0 aromatic heterocycles. The third kappa shape index (κ3) is 2.67. The number of carbonyl (C=O) groups is 1. The Bertz CT molecular complexity index is 474. The number of nitrogens with zero attached hydrogens (tertiary/aromatic N) is 1. The molecule has 19 heavy (non-hydrogen) atoms. The van der Waals surface area contributed by atoms with Crippen molar-refractivity contribution >= 4 is 17.4 Å². The highest BCUT2D eigenvalue weighted by atomic mass is 16.2. The van der Waals surface area contributed by atoms with E-state index in [1.165, 1.54) is 19.3 Å². The van der Waals surface area contributed by atoms with E-state index in [9.17, 15) is 4.79 Å². The van der Waals surface area contributed by atoms with Gasteiger partial charge in [-0.05, 0) is 43.4 Å². The van der Waals surface area contributed by atoms with Crippen LogP contribution in [0.25, 0.3) is 0 Å². The monoisotopic (exact) mass is 259 g/mol. The zero-order valence-corrected chi connectivity index (χ0v) is 11.4. The summed E-state index contributed by atoms with van der Waals surface area (Å²) in [6.45, 7) is 3.80. The van der Waals surface area contributed by atoms with E-state index in [0.29, 0.717) is 6.04 Å². The van der Waals surface area contributed by atoms with Gasteiger partial charge in [-0.25, -0.2) is 4.79 Å². The lowest BCUT2D eigenvalue weighted by atomic mass is 10.1. The molecule has 1 aromatic carbocycles. The van der Waals surface area contributed by atoms with Crippen LogP contribution in [0.1, 0.15) is 26.2 Å². The molecule has 1 aromatic rings. The lowest BCUT2D eigenvalue weighted by Gasteiger charge is -2.18. The molecule has 2 amide bonds. The average molecular weight is 259 g/mol. The second-order valence-electron chi connectivity index (χ2n) is 5.69. The second kappa shape index (κ2) is 5.11. The van der Waals surface area contributed by atoms with Gasteiger partial charge in [0.25, 0.3) is 0 Å². The molecule has 0 spiro atoms. The van der Waals surface area contributed by atoms with E-state index >= 15 is 0 Å². The molecule has 2 N–H and O–H groups in total. The molecular formula is C15H21N3O. The van der Waals surface area contributed by atoms with E-state index in [2.05, 4.69) is 29.7 Å². The lowest BCUT2D eigenvalue weighted by molar-refractivity contribution is 0.252. The molecule has 2 fully saturated rings. The van der Waals surface area contributed by atoms with E-state index in [1.807, 2.05) is 12.1 Å². The summed E-state index contributed by atoms with van der Waals surface area (Å²) in [5, 5.41) is 6.42. The summed E-state index contributed by atoms with van der Waals surface area (Å²) < 4.78 is 0. The first-order valence-electron chi connectivity index (χ1n) is 7.14. The van der Waals surface area contributed by atoms with Crippen LogP contribution < -0.4 is 15.5 Å². The van der Waals surface area contributed by atoms with Crippen LogP contribution >= 0.6 is 0 Å². The third-order valence-electron chi connectivity index (χ3n) is 4.08. The van der Waals surface area contributed by atoms with Crippen LogP contribution in [0, 0.1) is 5.92 Å². The van der Waals surface area contributed by atoms with Crippen LogP contribution in [0.2, 0.25) is 0 Å². The Morgan fingerprint density at radius 2 is 2.26 bits per heavy atom. The van der Waals surface area contributed by atoms with Crippen LogP contribution in [0.4, 0.5) is 16.2 Å². The maximum atomic E-state index is 11.7. The molecule has 1 aliphatic carbocycles. The smallest absolute Gasteiger partial charge is 0.321 e. The summed E-state index contributed by atoms with van der Waals surface area (Å²) in [7, 11) is 0. The molecule has 1 heterocycles. The van der Waals surface area contributed by atoms with Crippen molar-refractivity contribution in [3.05, 3.63) is 24.3 Å². The quantitative estimate of drug-likeness (QED) is 0.876. The Kier molecular flexibility index (Phi) is 3.32. The van der Waals surface area contributed by atoms with Crippen LogP contribution in [-0.2, 0) is 0 Å². The third-order valence-corrected chi connectivity index (χ3v) is 4.08. The molecule has 1 saturated heterocycles. The SMILES string of the molecule is CC1CCC(Nc2cccc(N3CCNC3=O)c2)C1. The second-order valence-corrected chi connectivity index (χ2v) is 5.69. The van der Waals surface area contributed by atoms with E-state index < -0.39 is 0 Å². The van der Waals surface area contributed by atoms with Crippen LogP contribution in [0.5, 0.6) is 0 Å². The van der Waals surface area contributed by atoms with Gasteiger partial charge in [-0.3, -0.25) is 4.90 Å². The molecule has 4 nitrogen and oxygen atoms in total. The largest absolute Gasteiger partial charge is 0.382 e. The Morgan fingerprint density at radius 3 is 2.95 bits per heavy atom. The molecule has 4 heteroatoms. The predicted octanol–water partition coefficient (Wildman–Crippen LogP) is 2.82. The molecule has 3 rings (SSSR count). The Labute approximate surface area is 114 Å². The van der Waals surface area contributed by atoms with Gasteiger partial charge >= 0.3 is 6.03 Å². The molecule has 0 bridgehead atoms. The minimum atomic E-state index is 0.00615. The molecule has 2 unspecified atom stereocenters. The predicted molar refractivity (Wildman–Crippen MR) is 77.6 cm³/mol. The number of benzene rings is 1. The number of hydrogen-bond acceptors (Lipinski definition) is 2. The lowest BCUT2D eigenvalue weighted by Crippen LogP contribution is -2.27. The molecule has 0 radical (unpaired) electrons. The molecule has 1 aliphatic heterocycles. The van der Waals surface area contributed by atoms with Gasteiger partial charge in [0.05, 0.1) is 0 Å². The molecule has 102 valence electrons. The summed E-state index contributed by atoms with van der Waals surface area (Å²) >= 11 is 0. The first-order valence-corrected chi connectivity index (χ1v) is 7.14. The molecule has 2 atom stereocenters. The summed E-state index contributed by atoms with van der Waals surface area (Å²) in [5.41, 5.74) is 2.10. The Balaban J connectivity index is 1.71. The highest BCUT2D eigenvalue weighted by molar-refractivity contribution is 5.94. The fourth-order valence-corrected chi connectivity index (χ4v) is 3.06. The van der Waals surface area contributed by atoms with Crippen LogP contribution in [0.15, 0.2) is 24.3 Å². The number of hydrogen-bond donors (Lipinski definition) is 2. The van der Waals surface area contributed by atoms with Crippen molar-refractivity contribution in [2.24, 2.45) is 5.92 Å². The van der Waals surface area contributed by atoms with Gasteiger partial charge in [0, 0.05) is 30.5 Å². The first-order chi connectivity index (χ1) is 9.22. The van der Waals surface area contributed by atoms with Gasteiger partial charge in [-0.15, -0.1) is 0 Å². The van der Waals surface area contributed by atoms with E-state index in [4.69, 9.17) is 0 Å². The number of urea groups is 1. The molecular weight excluding hydrogens is 238 g/mol. The number of nitrogens with one attached hydrogen (secondary N) is 2. The standard InChI is InChI=1S/C15H21N3O/c1-11-5-6-13(9-11)17-12-3-2-4-14(10-12)18-8-7-16-15(18)19/h2-4,10-11,13,17H,5-9H2,1H3,(H,16,19). The summed E-state index contributed by atoms with van der Waals surface area (Å²) in [4.78, 5) is 13.5. The van der Waals surface area contributed by atoms with E-state index in [0.717, 1.165) is 30.4 Å². The summed E-state index contributed by atoms with van der Waals surface area (Å²) in [6, 6.07) is 8.76. The van der Waals surface area contributed by atoms with Crippen molar-refractivity contribution in [1.82, 2.24) is 5.32 Å². The fraction of sp³-hybridized carbons (Fsp3) is 0.533. The number of anilines is 2. The van der Waals surface area contributed by atoms with Crippen molar-refractivity contribution in [2.75, 3.05) is 23.3 Å². The van der Waals surface area contributed by atoms with Crippen LogP contribution in [-0.4, -0.2) is 25.2 Å². The summed E-state index contributed by atoms with van der Waals surface area (Å²) in [5.74, 6) is 0.824. The normalized spacial score (nSPS) is 26.6. The van der Waals surface area contributed by atoms with Crippen molar-refractivity contribution in [2.45, 2.75) is 32.2 Å². The van der Waals surface area contributed by atoms with Crippen molar-refractivity contribution < 1.29 is 4.79 Å². The van der Waals surface area contributed by atoms with E-state index in [1.54, 1.807) is 4.90 Å².